The van der Waals surface area contributed by atoms with Gasteiger partial charge in [0.2, 0.25) is 5.95 Å². The third kappa shape index (κ3) is 3.74. The molecule has 1 aliphatic heterocycles. The highest BCUT2D eigenvalue weighted by molar-refractivity contribution is 5.87. The first-order valence-corrected chi connectivity index (χ1v) is 8.74. The molecule has 2 amide bonds. The molecule has 3 aromatic rings. The molecule has 27 heavy (non-hydrogen) atoms. The predicted octanol–water partition coefficient (Wildman–Crippen LogP) is 2.96. The number of carbonyl (C=O) groups is 1. The molecule has 0 spiro atoms. The molecule has 0 aliphatic carbocycles. The van der Waals surface area contributed by atoms with E-state index in [9.17, 15) is 9.18 Å². The van der Waals surface area contributed by atoms with Crippen molar-refractivity contribution in [3.8, 4) is 11.4 Å². The van der Waals surface area contributed by atoms with E-state index in [2.05, 4.69) is 20.5 Å². The van der Waals surface area contributed by atoms with Crippen LogP contribution in [0.5, 0.6) is 0 Å². The Bertz CT molecular complexity index is 921. The first-order valence-electron chi connectivity index (χ1n) is 8.74. The van der Waals surface area contributed by atoms with E-state index >= 15 is 0 Å². The lowest BCUT2D eigenvalue weighted by molar-refractivity contribution is 0.208. The number of aromatic amines is 1. The Balaban J connectivity index is 1.35. The van der Waals surface area contributed by atoms with Gasteiger partial charge in [0.1, 0.15) is 5.82 Å². The fourth-order valence-electron chi connectivity index (χ4n) is 3.08. The van der Waals surface area contributed by atoms with Crippen molar-refractivity contribution in [1.29, 1.82) is 0 Å². The fourth-order valence-corrected chi connectivity index (χ4v) is 3.08. The Hall–Kier alpha value is -3.42. The molecule has 2 heterocycles. The third-order valence-corrected chi connectivity index (χ3v) is 4.51. The van der Waals surface area contributed by atoms with Crippen molar-refractivity contribution >= 4 is 17.7 Å². The quantitative estimate of drug-likeness (QED) is 0.747. The molecule has 1 fully saturated rings. The number of rotatable bonds is 3. The summed E-state index contributed by atoms with van der Waals surface area (Å²) in [5, 5.41) is 9.58. The van der Waals surface area contributed by atoms with Gasteiger partial charge in [-0.05, 0) is 12.1 Å². The molecule has 0 radical (unpaired) electrons. The molecule has 0 bridgehead atoms. The van der Waals surface area contributed by atoms with Gasteiger partial charge in [-0.15, -0.1) is 5.10 Å². The number of anilines is 2. The number of aromatic nitrogens is 3. The number of nitrogens with zero attached hydrogens (tertiary/aromatic N) is 4. The highest BCUT2D eigenvalue weighted by Crippen LogP contribution is 2.20. The maximum Gasteiger partial charge on any atom is 0.324 e. The Morgan fingerprint density at radius 1 is 1.00 bits per heavy atom. The topological polar surface area (TPSA) is 77.1 Å². The Kier molecular flexibility index (Phi) is 4.69. The van der Waals surface area contributed by atoms with Crippen molar-refractivity contribution in [1.82, 2.24) is 20.1 Å². The third-order valence-electron chi connectivity index (χ3n) is 4.51. The highest BCUT2D eigenvalue weighted by atomic mass is 19.1. The molecule has 1 saturated heterocycles. The molecule has 7 nitrogen and oxygen atoms in total. The van der Waals surface area contributed by atoms with Crippen LogP contribution < -0.4 is 10.2 Å². The molecule has 8 heteroatoms. The van der Waals surface area contributed by atoms with Gasteiger partial charge in [0, 0.05) is 31.7 Å². The van der Waals surface area contributed by atoms with Crippen molar-refractivity contribution in [3.05, 3.63) is 60.4 Å². The average molecular weight is 366 g/mol. The summed E-state index contributed by atoms with van der Waals surface area (Å²) in [6.45, 7) is 2.13. The number of hydrogen-bond acceptors (Lipinski definition) is 4. The zero-order valence-electron chi connectivity index (χ0n) is 14.6. The summed E-state index contributed by atoms with van der Waals surface area (Å²) < 4.78 is 13.9. The molecule has 2 N–H and O–H groups in total. The largest absolute Gasteiger partial charge is 0.366 e. The lowest BCUT2D eigenvalue weighted by atomic mass is 10.2. The molecular formula is C19H19FN6O. The first-order chi connectivity index (χ1) is 13.2. The minimum atomic E-state index is -0.262. The van der Waals surface area contributed by atoms with Gasteiger partial charge in [-0.1, -0.05) is 42.5 Å². The minimum Gasteiger partial charge on any atom is -0.366 e. The fraction of sp³-hybridized carbons (Fsp3) is 0.211. The predicted molar refractivity (Wildman–Crippen MR) is 101 cm³/mol. The summed E-state index contributed by atoms with van der Waals surface area (Å²) in [6, 6.07) is 16.0. The summed E-state index contributed by atoms with van der Waals surface area (Å²) in [7, 11) is 0. The van der Waals surface area contributed by atoms with Crippen molar-refractivity contribution in [2.75, 3.05) is 36.4 Å². The van der Waals surface area contributed by atoms with Crippen LogP contribution >= 0.6 is 0 Å². The van der Waals surface area contributed by atoms with Gasteiger partial charge >= 0.3 is 6.03 Å². The van der Waals surface area contributed by atoms with E-state index in [4.69, 9.17) is 0 Å². The lowest BCUT2D eigenvalue weighted by Gasteiger charge is -2.35. The summed E-state index contributed by atoms with van der Waals surface area (Å²) in [5.74, 6) is 0.579. The van der Waals surface area contributed by atoms with E-state index in [-0.39, 0.29) is 17.8 Å². The van der Waals surface area contributed by atoms with Gasteiger partial charge < -0.3 is 9.80 Å². The monoisotopic (exact) mass is 366 g/mol. The van der Waals surface area contributed by atoms with Crippen molar-refractivity contribution < 1.29 is 9.18 Å². The second-order valence-electron chi connectivity index (χ2n) is 6.23. The van der Waals surface area contributed by atoms with Crippen LogP contribution in [0, 0.1) is 5.82 Å². The SMILES string of the molecule is O=C(Nc1n[nH]c(-c2ccccc2)n1)N1CCN(c2ccccc2F)CC1. The van der Waals surface area contributed by atoms with Crippen LogP contribution in [0.25, 0.3) is 11.4 Å². The number of amides is 2. The standard InChI is InChI=1S/C19H19FN6O/c20-15-8-4-5-9-16(15)25-10-12-26(13-11-25)19(27)22-18-21-17(23-24-18)14-6-2-1-3-7-14/h1-9H,10-13H2,(H2,21,22,23,24,27). The van der Waals surface area contributed by atoms with Crippen LogP contribution in [-0.4, -0.2) is 52.3 Å². The Morgan fingerprint density at radius 2 is 1.70 bits per heavy atom. The maximum absolute atomic E-state index is 13.9. The van der Waals surface area contributed by atoms with Crippen LogP contribution in [0.3, 0.4) is 0 Å². The van der Waals surface area contributed by atoms with Crippen molar-refractivity contribution in [2.45, 2.75) is 0 Å². The molecule has 2 aromatic carbocycles. The molecule has 1 aliphatic rings. The second-order valence-corrected chi connectivity index (χ2v) is 6.23. The normalized spacial score (nSPS) is 14.3. The first kappa shape index (κ1) is 17.0. The van der Waals surface area contributed by atoms with E-state index in [1.807, 2.05) is 41.3 Å². The maximum atomic E-state index is 13.9. The molecule has 0 unspecified atom stereocenters. The van der Waals surface area contributed by atoms with Crippen LogP contribution in [-0.2, 0) is 0 Å². The average Bonchev–Trinajstić information content (AvgIpc) is 3.18. The molecule has 1 aromatic heterocycles. The highest BCUT2D eigenvalue weighted by Gasteiger charge is 2.23. The van der Waals surface area contributed by atoms with Crippen LogP contribution in [0.1, 0.15) is 0 Å². The van der Waals surface area contributed by atoms with Gasteiger partial charge in [-0.2, -0.15) is 4.98 Å². The van der Waals surface area contributed by atoms with Crippen LogP contribution in [0.2, 0.25) is 0 Å². The number of carbonyl (C=O) groups excluding carboxylic acids is 1. The minimum absolute atomic E-state index is 0.232. The van der Waals surface area contributed by atoms with Gasteiger partial charge in [0.05, 0.1) is 5.69 Å². The number of hydrogen-bond donors (Lipinski definition) is 2. The summed E-state index contributed by atoms with van der Waals surface area (Å²) >= 11 is 0. The number of urea groups is 1. The van der Waals surface area contributed by atoms with Gasteiger partial charge in [0.25, 0.3) is 0 Å². The summed E-state index contributed by atoms with van der Waals surface area (Å²) in [4.78, 5) is 20.4. The van der Waals surface area contributed by atoms with Crippen molar-refractivity contribution in [3.63, 3.8) is 0 Å². The Labute approximate surface area is 155 Å². The zero-order valence-corrected chi connectivity index (χ0v) is 14.6. The molecule has 4 rings (SSSR count). The molecular weight excluding hydrogens is 347 g/mol. The molecule has 0 saturated carbocycles. The van der Waals surface area contributed by atoms with E-state index < -0.39 is 0 Å². The zero-order chi connectivity index (χ0) is 18.6. The van der Waals surface area contributed by atoms with Crippen molar-refractivity contribution in [2.24, 2.45) is 0 Å². The van der Waals surface area contributed by atoms with Crippen LogP contribution in [0.15, 0.2) is 54.6 Å². The summed E-state index contributed by atoms with van der Waals surface area (Å²) in [6.07, 6.45) is 0. The molecule has 0 atom stereocenters. The summed E-state index contributed by atoms with van der Waals surface area (Å²) in [5.41, 5.74) is 1.46. The van der Waals surface area contributed by atoms with E-state index in [0.717, 1.165) is 5.56 Å². The smallest absolute Gasteiger partial charge is 0.324 e. The van der Waals surface area contributed by atoms with Gasteiger partial charge in [0.15, 0.2) is 5.82 Å². The van der Waals surface area contributed by atoms with Gasteiger partial charge in [-0.3, -0.25) is 10.4 Å². The van der Waals surface area contributed by atoms with E-state index in [1.165, 1.54) is 6.07 Å². The molecule has 138 valence electrons. The number of piperazine rings is 1. The number of nitrogens with one attached hydrogen (secondary N) is 2. The van der Waals surface area contributed by atoms with Gasteiger partial charge in [-0.25, -0.2) is 9.18 Å². The number of benzene rings is 2. The number of H-pyrrole nitrogens is 1. The Morgan fingerprint density at radius 3 is 2.44 bits per heavy atom. The number of halogens is 1. The van der Waals surface area contributed by atoms with Crippen LogP contribution in [0.4, 0.5) is 20.8 Å². The lowest BCUT2D eigenvalue weighted by Crippen LogP contribution is -2.50. The van der Waals surface area contributed by atoms with E-state index in [1.54, 1.807) is 17.0 Å². The second kappa shape index (κ2) is 7.45. The van der Waals surface area contributed by atoms with E-state index in [0.29, 0.717) is 37.7 Å². The number of para-hydroxylation sites is 1.